The summed E-state index contributed by atoms with van der Waals surface area (Å²) in [5.41, 5.74) is 4.22. The van der Waals surface area contributed by atoms with Crippen LogP contribution in [-0.2, 0) is 25.7 Å². The molecular formula is C27H33N5O6. The number of aromatic nitrogens is 2. The molecule has 0 radical (unpaired) electrons. The number of rotatable bonds is 12. The van der Waals surface area contributed by atoms with Gasteiger partial charge in [0.1, 0.15) is 12.4 Å². The Bertz CT molecular complexity index is 1290. The Morgan fingerprint density at radius 2 is 1.74 bits per heavy atom. The van der Waals surface area contributed by atoms with Crippen molar-refractivity contribution in [3.8, 4) is 0 Å². The Balaban J connectivity index is 2.00. The van der Waals surface area contributed by atoms with Gasteiger partial charge in [-0.3, -0.25) is 24.4 Å². The maximum absolute atomic E-state index is 12.7. The lowest BCUT2D eigenvalue weighted by Crippen LogP contribution is -2.32. The second-order valence-electron chi connectivity index (χ2n) is 9.29. The molecule has 0 bridgehead atoms. The van der Waals surface area contributed by atoms with Gasteiger partial charge in [0, 0.05) is 24.9 Å². The van der Waals surface area contributed by atoms with Crippen LogP contribution in [0, 0.1) is 5.92 Å². The predicted molar refractivity (Wildman–Crippen MR) is 139 cm³/mol. The number of benzene rings is 2. The molecule has 1 heterocycles. The highest BCUT2D eigenvalue weighted by molar-refractivity contribution is 5.98. The van der Waals surface area contributed by atoms with Crippen LogP contribution in [0.25, 0.3) is 11.0 Å². The Kier molecular flexibility index (Phi) is 9.94. The number of ether oxygens (including phenoxy) is 1. The molecule has 1 aromatic heterocycles. The minimum Gasteiger partial charge on any atom is -0.468 e. The van der Waals surface area contributed by atoms with Gasteiger partial charge in [0.2, 0.25) is 11.8 Å². The Hall–Kier alpha value is -4.25. The van der Waals surface area contributed by atoms with E-state index in [1.807, 2.05) is 48.7 Å². The van der Waals surface area contributed by atoms with Gasteiger partial charge in [0.05, 0.1) is 24.2 Å². The second kappa shape index (κ2) is 13.3. The normalized spacial score (nSPS) is 11.7. The van der Waals surface area contributed by atoms with Crippen LogP contribution in [0.1, 0.15) is 60.9 Å². The zero-order chi connectivity index (χ0) is 27.7. The second-order valence-corrected chi connectivity index (χ2v) is 9.29. The van der Waals surface area contributed by atoms with E-state index in [1.54, 1.807) is 18.2 Å². The monoisotopic (exact) mass is 523 g/mol. The quantitative estimate of drug-likeness (QED) is 0.162. The zero-order valence-electron chi connectivity index (χ0n) is 21.7. The Labute approximate surface area is 220 Å². The fourth-order valence-corrected chi connectivity index (χ4v) is 4.06. The van der Waals surface area contributed by atoms with Crippen LogP contribution in [0.2, 0.25) is 0 Å². The van der Waals surface area contributed by atoms with Crippen LogP contribution >= 0.6 is 0 Å². The largest absolute Gasteiger partial charge is 0.468 e. The molecule has 3 amide bonds. The number of fused-ring (bicyclic) bond motifs is 1. The summed E-state index contributed by atoms with van der Waals surface area (Å²) in [5.74, 6) is -1.16. The van der Waals surface area contributed by atoms with E-state index in [1.165, 1.54) is 12.6 Å². The molecule has 3 rings (SSSR count). The number of hydrogen-bond acceptors (Lipinski definition) is 7. The lowest BCUT2D eigenvalue weighted by atomic mass is 10.0. The van der Waals surface area contributed by atoms with Crippen LogP contribution in [0.3, 0.4) is 0 Å². The zero-order valence-corrected chi connectivity index (χ0v) is 21.7. The highest BCUT2D eigenvalue weighted by Gasteiger charge is 2.24. The Morgan fingerprint density at radius 3 is 2.39 bits per heavy atom. The van der Waals surface area contributed by atoms with Gasteiger partial charge in [-0.25, -0.2) is 10.5 Å². The Morgan fingerprint density at radius 1 is 1.03 bits per heavy atom. The van der Waals surface area contributed by atoms with E-state index in [-0.39, 0.29) is 31.2 Å². The number of carbonyl (C=O) groups is 4. The molecule has 11 nitrogen and oxygen atoms in total. The molecule has 0 saturated heterocycles. The van der Waals surface area contributed by atoms with E-state index >= 15 is 0 Å². The average molecular weight is 524 g/mol. The molecule has 3 aromatic rings. The van der Waals surface area contributed by atoms with Crippen molar-refractivity contribution in [1.82, 2.24) is 25.7 Å². The van der Waals surface area contributed by atoms with E-state index in [2.05, 4.69) is 15.4 Å². The first-order valence-electron chi connectivity index (χ1n) is 12.3. The molecule has 1 atom stereocenters. The average Bonchev–Trinajstić information content (AvgIpc) is 3.27. The summed E-state index contributed by atoms with van der Waals surface area (Å²) in [4.78, 5) is 53.0. The minimum absolute atomic E-state index is 0.0928. The third kappa shape index (κ3) is 7.62. The van der Waals surface area contributed by atoms with Crippen molar-refractivity contribution in [2.75, 3.05) is 13.7 Å². The van der Waals surface area contributed by atoms with Crippen molar-refractivity contribution < 1.29 is 29.1 Å². The molecule has 202 valence electrons. The van der Waals surface area contributed by atoms with Gasteiger partial charge in [-0.2, -0.15) is 0 Å². The summed E-state index contributed by atoms with van der Waals surface area (Å²) < 4.78 is 6.58. The van der Waals surface area contributed by atoms with Crippen LogP contribution in [0.4, 0.5) is 0 Å². The van der Waals surface area contributed by atoms with Gasteiger partial charge in [-0.15, -0.1) is 0 Å². The molecule has 4 N–H and O–H groups in total. The standard InChI is InChI=1S/C27H33N5O6/c1-17(2)13-21(29-23(33)11-12-24(34)31-37)26-30-20-14-19(27(36)28-15-25(35)38-3)9-10-22(20)32(26)16-18-7-5-4-6-8-18/h4-10,14,17,21,37H,11-13,15-16H2,1-3H3,(H,28,36)(H,29,33)(H,31,34). The van der Waals surface area contributed by atoms with Gasteiger partial charge in [-0.05, 0) is 36.1 Å². The molecule has 0 aliphatic heterocycles. The van der Waals surface area contributed by atoms with E-state index in [9.17, 15) is 19.2 Å². The van der Waals surface area contributed by atoms with Crippen molar-refractivity contribution in [3.63, 3.8) is 0 Å². The van der Waals surface area contributed by atoms with Crippen LogP contribution in [0.15, 0.2) is 48.5 Å². The van der Waals surface area contributed by atoms with Crippen LogP contribution in [0.5, 0.6) is 0 Å². The maximum atomic E-state index is 12.7. The van der Waals surface area contributed by atoms with E-state index < -0.39 is 23.8 Å². The highest BCUT2D eigenvalue weighted by atomic mass is 16.5. The van der Waals surface area contributed by atoms with Gasteiger partial charge in [0.25, 0.3) is 5.91 Å². The molecule has 2 aromatic carbocycles. The summed E-state index contributed by atoms with van der Waals surface area (Å²) in [6.07, 6.45) is 0.341. The lowest BCUT2D eigenvalue weighted by Gasteiger charge is -2.22. The van der Waals surface area contributed by atoms with Gasteiger partial charge in [-0.1, -0.05) is 44.2 Å². The summed E-state index contributed by atoms with van der Waals surface area (Å²) in [6.45, 7) is 4.30. The summed E-state index contributed by atoms with van der Waals surface area (Å²) >= 11 is 0. The van der Waals surface area contributed by atoms with Crippen molar-refractivity contribution in [3.05, 3.63) is 65.5 Å². The molecule has 0 fully saturated rings. The van der Waals surface area contributed by atoms with Gasteiger partial charge >= 0.3 is 5.97 Å². The van der Waals surface area contributed by atoms with E-state index in [4.69, 9.17) is 10.2 Å². The smallest absolute Gasteiger partial charge is 0.325 e. The van der Waals surface area contributed by atoms with Gasteiger partial charge in [0.15, 0.2) is 0 Å². The van der Waals surface area contributed by atoms with E-state index in [0.717, 1.165) is 11.1 Å². The minimum atomic E-state index is -0.644. The first kappa shape index (κ1) is 28.3. The molecule has 11 heteroatoms. The molecule has 0 aliphatic carbocycles. The number of hydroxylamine groups is 1. The topological polar surface area (TPSA) is 152 Å². The van der Waals surface area contributed by atoms with Crippen molar-refractivity contribution in [1.29, 1.82) is 0 Å². The molecule has 38 heavy (non-hydrogen) atoms. The number of carbonyl (C=O) groups excluding carboxylic acids is 4. The third-order valence-electron chi connectivity index (χ3n) is 5.90. The molecule has 0 saturated carbocycles. The highest BCUT2D eigenvalue weighted by Crippen LogP contribution is 2.27. The summed E-state index contributed by atoms with van der Waals surface area (Å²) in [7, 11) is 1.25. The number of nitrogens with zero attached hydrogens (tertiary/aromatic N) is 2. The fraction of sp³-hybridized carbons (Fsp3) is 0.370. The first-order valence-corrected chi connectivity index (χ1v) is 12.3. The number of nitrogens with one attached hydrogen (secondary N) is 3. The number of amides is 3. The molecule has 0 aliphatic rings. The summed E-state index contributed by atoms with van der Waals surface area (Å²) in [6, 6.07) is 14.4. The maximum Gasteiger partial charge on any atom is 0.325 e. The predicted octanol–water partition coefficient (Wildman–Crippen LogP) is 2.48. The van der Waals surface area contributed by atoms with Crippen molar-refractivity contribution >= 4 is 34.7 Å². The van der Waals surface area contributed by atoms with Gasteiger partial charge < -0.3 is 19.9 Å². The van der Waals surface area contributed by atoms with Crippen molar-refractivity contribution in [2.24, 2.45) is 5.92 Å². The van der Waals surface area contributed by atoms with Crippen LogP contribution in [-0.4, -0.2) is 52.1 Å². The number of imidazole rings is 1. The first-order chi connectivity index (χ1) is 18.2. The summed E-state index contributed by atoms with van der Waals surface area (Å²) in [5, 5.41) is 14.2. The SMILES string of the molecule is COC(=O)CNC(=O)c1ccc2c(c1)nc(C(CC(C)C)NC(=O)CCC(=O)NO)n2Cc1ccccc1. The number of esters is 1. The number of methoxy groups -OCH3 is 1. The lowest BCUT2D eigenvalue weighted by molar-refractivity contribution is -0.139. The molecular weight excluding hydrogens is 490 g/mol. The third-order valence-corrected chi connectivity index (χ3v) is 5.90. The number of hydrogen-bond donors (Lipinski definition) is 4. The van der Waals surface area contributed by atoms with E-state index in [0.29, 0.717) is 29.9 Å². The van der Waals surface area contributed by atoms with Crippen LogP contribution < -0.4 is 16.1 Å². The molecule has 0 spiro atoms. The fourth-order valence-electron chi connectivity index (χ4n) is 4.06. The molecule has 1 unspecified atom stereocenters. The van der Waals surface area contributed by atoms with Crippen molar-refractivity contribution in [2.45, 2.75) is 45.7 Å².